The van der Waals surface area contributed by atoms with Gasteiger partial charge < -0.3 is 9.64 Å². The number of benzene rings is 2. The number of rotatable bonds is 6. The number of ether oxygens (including phenoxy) is 1. The second-order valence-corrected chi connectivity index (χ2v) is 7.61. The summed E-state index contributed by atoms with van der Waals surface area (Å²) < 4.78 is 5.30. The van der Waals surface area contributed by atoms with Crippen molar-refractivity contribution in [2.75, 3.05) is 19.7 Å². The van der Waals surface area contributed by atoms with Crippen molar-refractivity contribution in [1.82, 2.24) is 15.1 Å². The first-order valence-electron chi connectivity index (χ1n) is 10.3. The number of H-pyrrole nitrogens is 1. The van der Waals surface area contributed by atoms with Gasteiger partial charge in [-0.25, -0.2) is 4.79 Å². The SMILES string of the molecule is O=C(OCC(=O)N1CCC(Cc2ccccc2)CC1)c1cn[nH]c1-c1ccccc1. The number of nitrogens with one attached hydrogen (secondary N) is 1. The minimum absolute atomic E-state index is 0.147. The van der Waals surface area contributed by atoms with Crippen LogP contribution >= 0.6 is 0 Å². The molecular formula is C24H25N3O3. The smallest absolute Gasteiger partial charge is 0.342 e. The predicted molar refractivity (Wildman–Crippen MR) is 114 cm³/mol. The Morgan fingerprint density at radius 3 is 2.37 bits per heavy atom. The van der Waals surface area contributed by atoms with Crippen LogP contribution < -0.4 is 0 Å². The van der Waals surface area contributed by atoms with Gasteiger partial charge in [-0.1, -0.05) is 60.7 Å². The molecule has 1 aliphatic heterocycles. The standard InChI is InChI=1S/C24H25N3O3/c28-22(27-13-11-19(12-14-27)15-18-7-3-1-4-8-18)17-30-24(29)21-16-25-26-23(21)20-9-5-2-6-10-20/h1-10,16,19H,11-15,17H2,(H,25,26). The van der Waals surface area contributed by atoms with Gasteiger partial charge in [-0.05, 0) is 30.7 Å². The first-order chi connectivity index (χ1) is 14.7. The molecule has 6 nitrogen and oxygen atoms in total. The Labute approximate surface area is 175 Å². The van der Waals surface area contributed by atoms with Crippen LogP contribution in [0.1, 0.15) is 28.8 Å². The van der Waals surface area contributed by atoms with E-state index in [0.29, 0.717) is 30.3 Å². The summed E-state index contributed by atoms with van der Waals surface area (Å²) in [5, 5.41) is 6.79. The lowest BCUT2D eigenvalue weighted by molar-refractivity contribution is -0.135. The molecule has 0 spiro atoms. The minimum atomic E-state index is -0.546. The molecule has 0 saturated carbocycles. The highest BCUT2D eigenvalue weighted by atomic mass is 16.5. The molecule has 0 atom stereocenters. The average Bonchev–Trinajstić information content (AvgIpc) is 3.29. The Bertz CT molecular complexity index is 977. The molecule has 154 valence electrons. The van der Waals surface area contributed by atoms with Gasteiger partial charge >= 0.3 is 5.97 Å². The van der Waals surface area contributed by atoms with Crippen LogP contribution in [-0.4, -0.2) is 46.7 Å². The summed E-state index contributed by atoms with van der Waals surface area (Å²) in [4.78, 5) is 26.8. The molecule has 0 unspecified atom stereocenters. The van der Waals surface area contributed by atoms with Crippen LogP contribution in [0.15, 0.2) is 66.9 Å². The number of piperidine rings is 1. The van der Waals surface area contributed by atoms with Gasteiger partial charge in [-0.3, -0.25) is 9.89 Å². The molecule has 30 heavy (non-hydrogen) atoms. The van der Waals surface area contributed by atoms with Crippen molar-refractivity contribution in [3.63, 3.8) is 0 Å². The van der Waals surface area contributed by atoms with E-state index in [4.69, 9.17) is 4.74 Å². The largest absolute Gasteiger partial charge is 0.452 e. The Balaban J connectivity index is 1.27. The molecule has 1 N–H and O–H groups in total. The van der Waals surface area contributed by atoms with Crippen LogP contribution in [0.2, 0.25) is 0 Å². The summed E-state index contributed by atoms with van der Waals surface area (Å²) in [5.41, 5.74) is 3.10. The highest BCUT2D eigenvalue weighted by Crippen LogP contribution is 2.23. The zero-order chi connectivity index (χ0) is 20.8. The summed E-state index contributed by atoms with van der Waals surface area (Å²) in [6.07, 6.45) is 4.41. The molecule has 6 heteroatoms. The summed E-state index contributed by atoms with van der Waals surface area (Å²) >= 11 is 0. The Morgan fingerprint density at radius 1 is 1.00 bits per heavy atom. The zero-order valence-corrected chi connectivity index (χ0v) is 16.8. The van der Waals surface area contributed by atoms with E-state index in [1.807, 2.05) is 36.4 Å². The molecule has 0 bridgehead atoms. The lowest BCUT2D eigenvalue weighted by atomic mass is 9.90. The summed E-state index contributed by atoms with van der Waals surface area (Å²) in [6.45, 7) is 1.16. The number of carbonyl (C=O) groups is 2. The highest BCUT2D eigenvalue weighted by molar-refractivity contribution is 5.97. The topological polar surface area (TPSA) is 75.3 Å². The second-order valence-electron chi connectivity index (χ2n) is 7.61. The number of amides is 1. The first-order valence-corrected chi connectivity index (χ1v) is 10.3. The summed E-state index contributed by atoms with van der Waals surface area (Å²) in [6, 6.07) is 19.9. The lowest BCUT2D eigenvalue weighted by Gasteiger charge is -2.32. The predicted octanol–water partition coefficient (Wildman–Crippen LogP) is 3.71. The number of nitrogens with zero attached hydrogens (tertiary/aromatic N) is 2. The number of hydrogen-bond acceptors (Lipinski definition) is 4. The van der Waals surface area contributed by atoms with Crippen molar-refractivity contribution in [3.8, 4) is 11.3 Å². The molecule has 0 aliphatic carbocycles. The summed E-state index contributed by atoms with van der Waals surface area (Å²) in [5.74, 6) is -0.112. The molecule has 2 aromatic carbocycles. The molecule has 3 aromatic rings. The number of aromatic amines is 1. The highest BCUT2D eigenvalue weighted by Gasteiger charge is 2.24. The van der Waals surface area contributed by atoms with Gasteiger partial charge in [0, 0.05) is 18.7 Å². The van der Waals surface area contributed by atoms with Crippen LogP contribution in [-0.2, 0) is 16.0 Å². The van der Waals surface area contributed by atoms with Gasteiger partial charge in [0.25, 0.3) is 5.91 Å². The van der Waals surface area contributed by atoms with E-state index in [9.17, 15) is 9.59 Å². The van der Waals surface area contributed by atoms with Gasteiger partial charge in [0.1, 0.15) is 5.56 Å². The summed E-state index contributed by atoms with van der Waals surface area (Å²) in [7, 11) is 0. The molecule has 0 radical (unpaired) electrons. The van der Waals surface area contributed by atoms with E-state index in [-0.39, 0.29) is 12.5 Å². The maximum absolute atomic E-state index is 12.5. The number of esters is 1. The number of hydrogen-bond donors (Lipinski definition) is 1. The average molecular weight is 403 g/mol. The van der Waals surface area contributed by atoms with Gasteiger partial charge in [0.05, 0.1) is 11.9 Å². The van der Waals surface area contributed by atoms with Crippen LogP contribution in [0.3, 0.4) is 0 Å². The maximum atomic E-state index is 12.5. The number of carbonyl (C=O) groups excluding carboxylic acids is 2. The van der Waals surface area contributed by atoms with Gasteiger partial charge in [-0.15, -0.1) is 0 Å². The van der Waals surface area contributed by atoms with Gasteiger partial charge in [0.15, 0.2) is 6.61 Å². The molecule has 1 saturated heterocycles. The van der Waals surface area contributed by atoms with Crippen molar-refractivity contribution < 1.29 is 14.3 Å². The van der Waals surface area contributed by atoms with E-state index in [1.54, 1.807) is 4.90 Å². The van der Waals surface area contributed by atoms with Crippen LogP contribution in [0.5, 0.6) is 0 Å². The van der Waals surface area contributed by atoms with Crippen molar-refractivity contribution in [3.05, 3.63) is 78.0 Å². The van der Waals surface area contributed by atoms with E-state index in [0.717, 1.165) is 24.8 Å². The number of aromatic nitrogens is 2. The third kappa shape index (κ3) is 4.76. The van der Waals surface area contributed by atoms with Crippen molar-refractivity contribution >= 4 is 11.9 Å². The third-order valence-corrected chi connectivity index (χ3v) is 5.58. The molecule has 1 aliphatic rings. The van der Waals surface area contributed by atoms with Crippen LogP contribution in [0.4, 0.5) is 0 Å². The van der Waals surface area contributed by atoms with Crippen molar-refractivity contribution in [1.29, 1.82) is 0 Å². The van der Waals surface area contributed by atoms with E-state index in [1.165, 1.54) is 11.8 Å². The quantitative estimate of drug-likeness (QED) is 0.637. The fourth-order valence-electron chi connectivity index (χ4n) is 3.90. The molecular weight excluding hydrogens is 378 g/mol. The Hall–Kier alpha value is -3.41. The van der Waals surface area contributed by atoms with E-state index in [2.05, 4.69) is 34.5 Å². The fraction of sp³-hybridized carbons (Fsp3) is 0.292. The van der Waals surface area contributed by atoms with Gasteiger partial charge in [-0.2, -0.15) is 5.10 Å². The van der Waals surface area contributed by atoms with E-state index >= 15 is 0 Å². The molecule has 2 heterocycles. The van der Waals surface area contributed by atoms with Crippen LogP contribution in [0, 0.1) is 5.92 Å². The normalized spacial score (nSPS) is 14.5. The molecule has 1 aromatic heterocycles. The molecule has 4 rings (SSSR count). The fourth-order valence-corrected chi connectivity index (χ4v) is 3.90. The second kappa shape index (κ2) is 9.39. The van der Waals surface area contributed by atoms with E-state index < -0.39 is 5.97 Å². The third-order valence-electron chi connectivity index (χ3n) is 5.58. The monoisotopic (exact) mass is 403 g/mol. The minimum Gasteiger partial charge on any atom is -0.452 e. The Morgan fingerprint density at radius 2 is 1.67 bits per heavy atom. The number of likely N-dealkylation sites (tertiary alicyclic amines) is 1. The zero-order valence-electron chi connectivity index (χ0n) is 16.8. The lowest BCUT2D eigenvalue weighted by Crippen LogP contribution is -2.41. The van der Waals surface area contributed by atoms with Crippen molar-refractivity contribution in [2.24, 2.45) is 5.92 Å². The molecule has 1 amide bonds. The van der Waals surface area contributed by atoms with Crippen molar-refractivity contribution in [2.45, 2.75) is 19.3 Å². The molecule has 1 fully saturated rings. The van der Waals surface area contributed by atoms with Gasteiger partial charge in [0.2, 0.25) is 0 Å². The maximum Gasteiger partial charge on any atom is 0.342 e. The first kappa shape index (κ1) is 19.9. The van der Waals surface area contributed by atoms with Crippen LogP contribution in [0.25, 0.3) is 11.3 Å². The Kier molecular flexibility index (Phi) is 6.23.